The van der Waals surface area contributed by atoms with Crippen LogP contribution in [0.25, 0.3) is 0 Å². The molecule has 3 unspecified atom stereocenters. The van der Waals surface area contributed by atoms with E-state index in [1.807, 2.05) is 10.9 Å². The van der Waals surface area contributed by atoms with E-state index in [1.165, 1.54) is 31.4 Å². The molecule has 0 amide bonds. The van der Waals surface area contributed by atoms with Crippen LogP contribution in [0.4, 0.5) is 0 Å². The van der Waals surface area contributed by atoms with Crippen LogP contribution in [0.5, 0.6) is 0 Å². The van der Waals surface area contributed by atoms with Crippen LogP contribution in [0.2, 0.25) is 0 Å². The van der Waals surface area contributed by atoms with Crippen LogP contribution in [0.3, 0.4) is 0 Å². The Labute approximate surface area is 112 Å². The highest BCUT2D eigenvalue weighted by atomic mass is 79.9. The van der Waals surface area contributed by atoms with Crippen LogP contribution in [0.15, 0.2) is 10.7 Å². The second kappa shape index (κ2) is 5.53. The molecule has 1 saturated carbocycles. The zero-order valence-corrected chi connectivity index (χ0v) is 12.3. The molecule has 1 aliphatic rings. The number of hydrogen-bond acceptors (Lipinski definition) is 2. The molecule has 0 spiro atoms. The minimum absolute atomic E-state index is 0.128. The van der Waals surface area contributed by atoms with Crippen molar-refractivity contribution >= 4 is 15.9 Å². The van der Waals surface area contributed by atoms with Gasteiger partial charge in [-0.15, -0.1) is 0 Å². The highest BCUT2D eigenvalue weighted by Crippen LogP contribution is 2.40. The zero-order valence-electron chi connectivity index (χ0n) is 10.7. The monoisotopic (exact) mass is 299 g/mol. The maximum absolute atomic E-state index is 6.45. The number of aryl methyl sites for hydroxylation is 1. The van der Waals surface area contributed by atoms with Gasteiger partial charge in [-0.25, -0.2) is 0 Å². The summed E-state index contributed by atoms with van der Waals surface area (Å²) >= 11 is 3.57. The Morgan fingerprint density at radius 1 is 1.53 bits per heavy atom. The van der Waals surface area contributed by atoms with Crippen LogP contribution in [0.1, 0.15) is 51.3 Å². The van der Waals surface area contributed by atoms with Gasteiger partial charge in [0.25, 0.3) is 0 Å². The molecule has 4 heteroatoms. The van der Waals surface area contributed by atoms with Crippen LogP contribution in [-0.4, -0.2) is 9.78 Å². The van der Waals surface area contributed by atoms with Crippen molar-refractivity contribution in [2.75, 3.05) is 0 Å². The Bertz CT molecular complexity index is 375. The molecule has 1 aliphatic carbocycles. The van der Waals surface area contributed by atoms with E-state index in [-0.39, 0.29) is 6.04 Å². The van der Waals surface area contributed by atoms with Gasteiger partial charge in [0.2, 0.25) is 0 Å². The van der Waals surface area contributed by atoms with Crippen LogP contribution in [0, 0.1) is 11.8 Å². The third kappa shape index (κ3) is 2.58. The smallest absolute Gasteiger partial charge is 0.0696 e. The molecule has 1 heterocycles. The summed E-state index contributed by atoms with van der Waals surface area (Å²) in [5.74, 6) is 1.50. The van der Waals surface area contributed by atoms with Gasteiger partial charge in [-0.05, 0) is 47.5 Å². The Balaban J connectivity index is 2.14. The number of nitrogens with two attached hydrogens (primary N) is 1. The standard InChI is InChI=1S/C13H22BrN3/c1-3-9-5-6-10(7-9)12(15)13-11(14)8-16-17(13)4-2/h8-10,12H,3-7,15H2,1-2H3. The summed E-state index contributed by atoms with van der Waals surface area (Å²) in [4.78, 5) is 0. The summed E-state index contributed by atoms with van der Waals surface area (Å²) in [6.45, 7) is 5.28. The maximum Gasteiger partial charge on any atom is 0.0696 e. The Morgan fingerprint density at radius 2 is 2.29 bits per heavy atom. The number of hydrogen-bond donors (Lipinski definition) is 1. The number of nitrogens with zero attached hydrogens (tertiary/aromatic N) is 2. The van der Waals surface area contributed by atoms with Crippen molar-refractivity contribution in [2.24, 2.45) is 17.6 Å². The molecule has 1 aromatic rings. The first-order chi connectivity index (χ1) is 8.17. The lowest BCUT2D eigenvalue weighted by Crippen LogP contribution is -2.23. The lowest BCUT2D eigenvalue weighted by molar-refractivity contribution is 0.394. The minimum atomic E-state index is 0.128. The number of aromatic nitrogens is 2. The SMILES string of the molecule is CCC1CCC(C(N)c2c(Br)cnn2CC)C1. The predicted molar refractivity (Wildman–Crippen MR) is 73.7 cm³/mol. The second-order valence-electron chi connectivity index (χ2n) is 5.07. The van der Waals surface area contributed by atoms with Crippen molar-refractivity contribution in [1.82, 2.24) is 9.78 Å². The molecule has 1 fully saturated rings. The molecular weight excluding hydrogens is 278 g/mol. The van der Waals surface area contributed by atoms with Crippen molar-refractivity contribution in [1.29, 1.82) is 0 Å². The maximum atomic E-state index is 6.45. The first-order valence-electron chi connectivity index (χ1n) is 6.64. The van der Waals surface area contributed by atoms with Crippen LogP contribution in [-0.2, 0) is 6.54 Å². The third-order valence-electron chi connectivity index (χ3n) is 4.12. The van der Waals surface area contributed by atoms with Crippen molar-refractivity contribution in [3.63, 3.8) is 0 Å². The van der Waals surface area contributed by atoms with Gasteiger partial charge >= 0.3 is 0 Å². The summed E-state index contributed by atoms with van der Waals surface area (Å²) < 4.78 is 3.08. The molecule has 17 heavy (non-hydrogen) atoms. The quantitative estimate of drug-likeness (QED) is 0.925. The highest BCUT2D eigenvalue weighted by Gasteiger charge is 2.31. The van der Waals surface area contributed by atoms with Gasteiger partial charge in [-0.1, -0.05) is 19.8 Å². The largest absolute Gasteiger partial charge is 0.322 e. The van der Waals surface area contributed by atoms with Gasteiger partial charge in [0, 0.05) is 6.54 Å². The van der Waals surface area contributed by atoms with Crippen molar-refractivity contribution in [2.45, 2.75) is 52.1 Å². The molecule has 0 aliphatic heterocycles. The predicted octanol–water partition coefficient (Wildman–Crippen LogP) is 3.49. The summed E-state index contributed by atoms with van der Waals surface area (Å²) in [6.07, 6.45) is 7.04. The van der Waals surface area contributed by atoms with Gasteiger partial charge in [-0.2, -0.15) is 5.10 Å². The normalized spacial score (nSPS) is 26.4. The van der Waals surface area contributed by atoms with Crippen LogP contribution < -0.4 is 5.73 Å². The van der Waals surface area contributed by atoms with E-state index in [9.17, 15) is 0 Å². The number of halogens is 1. The minimum Gasteiger partial charge on any atom is -0.322 e. The molecule has 3 atom stereocenters. The number of rotatable bonds is 4. The van der Waals surface area contributed by atoms with Crippen molar-refractivity contribution in [3.05, 3.63) is 16.4 Å². The first-order valence-corrected chi connectivity index (χ1v) is 7.43. The molecule has 1 aromatic heterocycles. The molecule has 0 bridgehead atoms. The lowest BCUT2D eigenvalue weighted by atomic mass is 9.94. The van der Waals surface area contributed by atoms with Gasteiger partial charge in [0.15, 0.2) is 0 Å². The summed E-state index contributed by atoms with van der Waals surface area (Å²) in [5.41, 5.74) is 7.62. The lowest BCUT2D eigenvalue weighted by Gasteiger charge is -2.21. The zero-order chi connectivity index (χ0) is 12.4. The molecule has 2 N–H and O–H groups in total. The topological polar surface area (TPSA) is 43.8 Å². The van der Waals surface area contributed by atoms with E-state index in [1.54, 1.807) is 0 Å². The summed E-state index contributed by atoms with van der Waals surface area (Å²) in [6, 6.07) is 0.128. The van der Waals surface area contributed by atoms with Gasteiger partial charge in [-0.3, -0.25) is 4.68 Å². The third-order valence-corrected chi connectivity index (χ3v) is 4.73. The van der Waals surface area contributed by atoms with E-state index in [2.05, 4.69) is 34.9 Å². The van der Waals surface area contributed by atoms with Gasteiger partial charge < -0.3 is 5.73 Å². The van der Waals surface area contributed by atoms with Gasteiger partial charge in [0.05, 0.1) is 22.4 Å². The van der Waals surface area contributed by atoms with E-state index < -0.39 is 0 Å². The molecular formula is C13H22BrN3. The second-order valence-corrected chi connectivity index (χ2v) is 5.92. The van der Waals surface area contributed by atoms with Gasteiger partial charge in [0.1, 0.15) is 0 Å². The Kier molecular flexibility index (Phi) is 4.26. The molecule has 3 nitrogen and oxygen atoms in total. The molecule has 96 valence electrons. The fourth-order valence-electron chi connectivity index (χ4n) is 2.99. The van der Waals surface area contributed by atoms with Crippen molar-refractivity contribution < 1.29 is 0 Å². The van der Waals surface area contributed by atoms with E-state index in [4.69, 9.17) is 5.73 Å². The molecule has 2 rings (SSSR count). The first kappa shape index (κ1) is 13.1. The van der Waals surface area contributed by atoms with E-state index in [0.29, 0.717) is 5.92 Å². The van der Waals surface area contributed by atoms with Crippen molar-refractivity contribution in [3.8, 4) is 0 Å². The van der Waals surface area contributed by atoms with E-state index >= 15 is 0 Å². The average molecular weight is 300 g/mol. The summed E-state index contributed by atoms with van der Waals surface area (Å²) in [7, 11) is 0. The molecule has 0 radical (unpaired) electrons. The molecule has 0 aromatic carbocycles. The Morgan fingerprint density at radius 3 is 2.88 bits per heavy atom. The molecule has 0 saturated heterocycles. The Hall–Kier alpha value is -0.350. The fourth-order valence-corrected chi connectivity index (χ4v) is 3.55. The van der Waals surface area contributed by atoms with E-state index in [0.717, 1.165) is 16.9 Å². The van der Waals surface area contributed by atoms with Crippen LogP contribution >= 0.6 is 15.9 Å². The fraction of sp³-hybridized carbons (Fsp3) is 0.769. The summed E-state index contributed by atoms with van der Waals surface area (Å²) in [5, 5.41) is 4.36. The highest BCUT2D eigenvalue weighted by molar-refractivity contribution is 9.10. The average Bonchev–Trinajstić information content (AvgIpc) is 2.94.